The zero-order chi connectivity index (χ0) is 17.3. The summed E-state index contributed by atoms with van der Waals surface area (Å²) in [4.78, 5) is 11.6. The molecule has 0 aromatic heterocycles. The van der Waals surface area contributed by atoms with Gasteiger partial charge in [0.2, 0.25) is 0 Å². The van der Waals surface area contributed by atoms with Crippen LogP contribution in [0.2, 0.25) is 0 Å². The average molecular weight is 325 g/mol. The van der Waals surface area contributed by atoms with E-state index >= 15 is 0 Å². The molecule has 2 aliphatic rings. The summed E-state index contributed by atoms with van der Waals surface area (Å²) in [5.74, 6) is 0.761. The number of carbonyl (C=O) groups is 1. The van der Waals surface area contributed by atoms with Crippen molar-refractivity contribution in [2.75, 3.05) is 6.61 Å². The van der Waals surface area contributed by atoms with Crippen molar-refractivity contribution in [3.05, 3.63) is 0 Å². The van der Waals surface area contributed by atoms with E-state index in [9.17, 15) is 9.90 Å². The molecule has 4 atom stereocenters. The van der Waals surface area contributed by atoms with Crippen molar-refractivity contribution >= 4 is 5.97 Å². The molecule has 0 amide bonds. The topological polar surface area (TPSA) is 46.5 Å². The van der Waals surface area contributed by atoms with Crippen LogP contribution >= 0.6 is 0 Å². The fourth-order valence-corrected chi connectivity index (χ4v) is 5.83. The summed E-state index contributed by atoms with van der Waals surface area (Å²) in [6.07, 6.45) is 7.79. The van der Waals surface area contributed by atoms with Gasteiger partial charge in [0.1, 0.15) is 0 Å². The highest BCUT2D eigenvalue weighted by Gasteiger charge is 2.57. The molecule has 0 aromatic rings. The van der Waals surface area contributed by atoms with Gasteiger partial charge in [-0.2, -0.15) is 0 Å². The lowest BCUT2D eigenvalue weighted by molar-refractivity contribution is -0.175. The van der Waals surface area contributed by atoms with Gasteiger partial charge in [-0.25, -0.2) is 0 Å². The second-order valence-corrected chi connectivity index (χ2v) is 9.11. The number of rotatable bonds is 5. The van der Waals surface area contributed by atoms with Gasteiger partial charge in [-0.1, -0.05) is 34.1 Å². The van der Waals surface area contributed by atoms with E-state index < -0.39 is 5.60 Å². The van der Waals surface area contributed by atoms with Gasteiger partial charge in [-0.3, -0.25) is 4.79 Å². The van der Waals surface area contributed by atoms with Crippen LogP contribution in [0.25, 0.3) is 0 Å². The van der Waals surface area contributed by atoms with Crippen LogP contribution in [-0.4, -0.2) is 23.3 Å². The molecule has 3 nitrogen and oxygen atoms in total. The van der Waals surface area contributed by atoms with Crippen LogP contribution in [0.1, 0.15) is 86.0 Å². The third kappa shape index (κ3) is 3.75. The smallest absolute Gasteiger partial charge is 0.305 e. The Labute approximate surface area is 142 Å². The summed E-state index contributed by atoms with van der Waals surface area (Å²) in [5.41, 5.74) is -0.142. The van der Waals surface area contributed by atoms with Crippen LogP contribution in [0, 0.1) is 22.7 Å². The largest absolute Gasteiger partial charge is 0.466 e. The predicted octanol–water partition coefficient (Wildman–Crippen LogP) is 4.71. The van der Waals surface area contributed by atoms with Crippen LogP contribution < -0.4 is 0 Å². The molecule has 0 radical (unpaired) electrons. The minimum Gasteiger partial charge on any atom is -0.466 e. The first kappa shape index (κ1) is 18.8. The van der Waals surface area contributed by atoms with Crippen molar-refractivity contribution in [3.8, 4) is 0 Å². The molecule has 2 fully saturated rings. The van der Waals surface area contributed by atoms with Gasteiger partial charge in [-0.05, 0) is 68.1 Å². The average Bonchev–Trinajstić information content (AvgIpc) is 2.41. The Balaban J connectivity index is 2.11. The summed E-state index contributed by atoms with van der Waals surface area (Å²) in [6.45, 7) is 11.6. The van der Waals surface area contributed by atoms with E-state index in [4.69, 9.17) is 4.74 Å². The fourth-order valence-electron chi connectivity index (χ4n) is 5.83. The number of hydrogen-bond acceptors (Lipinski definition) is 3. The molecule has 0 spiro atoms. The van der Waals surface area contributed by atoms with E-state index in [0.29, 0.717) is 24.4 Å². The molecule has 23 heavy (non-hydrogen) atoms. The van der Waals surface area contributed by atoms with Gasteiger partial charge in [0.05, 0.1) is 12.2 Å². The monoisotopic (exact) mass is 324 g/mol. The second-order valence-electron chi connectivity index (χ2n) is 9.11. The van der Waals surface area contributed by atoms with Crippen molar-refractivity contribution in [2.45, 2.75) is 91.6 Å². The third-order valence-corrected chi connectivity index (χ3v) is 6.89. The van der Waals surface area contributed by atoms with Crippen molar-refractivity contribution in [1.82, 2.24) is 0 Å². The molecular weight excluding hydrogens is 288 g/mol. The molecule has 0 heterocycles. The first-order chi connectivity index (χ1) is 10.6. The van der Waals surface area contributed by atoms with E-state index in [1.807, 2.05) is 13.8 Å². The maximum Gasteiger partial charge on any atom is 0.305 e. The predicted molar refractivity (Wildman–Crippen MR) is 93.1 cm³/mol. The summed E-state index contributed by atoms with van der Waals surface area (Å²) < 4.78 is 5.41. The Bertz CT molecular complexity index is 427. The van der Waals surface area contributed by atoms with Crippen molar-refractivity contribution in [3.63, 3.8) is 0 Å². The van der Waals surface area contributed by atoms with Crippen LogP contribution in [0.4, 0.5) is 0 Å². The van der Waals surface area contributed by atoms with E-state index in [1.165, 1.54) is 19.3 Å². The Morgan fingerprint density at radius 3 is 2.52 bits per heavy atom. The second kappa shape index (κ2) is 6.74. The molecule has 3 heteroatoms. The van der Waals surface area contributed by atoms with Gasteiger partial charge in [-0.15, -0.1) is 0 Å². The zero-order valence-electron chi connectivity index (χ0n) is 15.8. The summed E-state index contributed by atoms with van der Waals surface area (Å²) in [6, 6.07) is 0. The van der Waals surface area contributed by atoms with Crippen molar-refractivity contribution in [1.29, 1.82) is 0 Å². The summed E-state index contributed by atoms with van der Waals surface area (Å²) in [5, 5.41) is 11.0. The molecule has 1 N–H and O–H groups in total. The lowest BCUT2D eigenvalue weighted by atomic mass is 9.45. The molecule has 0 aliphatic heterocycles. The minimum absolute atomic E-state index is 0.103. The zero-order valence-corrected chi connectivity index (χ0v) is 15.8. The quantitative estimate of drug-likeness (QED) is 0.745. The fraction of sp³-hybridized carbons (Fsp3) is 0.950. The minimum atomic E-state index is -0.643. The highest BCUT2D eigenvalue weighted by molar-refractivity contribution is 5.69. The summed E-state index contributed by atoms with van der Waals surface area (Å²) >= 11 is 0. The number of carbonyl (C=O) groups excluding carboxylic acids is 1. The highest BCUT2D eigenvalue weighted by Crippen LogP contribution is 2.62. The van der Waals surface area contributed by atoms with E-state index in [-0.39, 0.29) is 17.3 Å². The first-order valence-corrected chi connectivity index (χ1v) is 9.51. The van der Waals surface area contributed by atoms with Crippen LogP contribution in [0.15, 0.2) is 0 Å². The maximum atomic E-state index is 11.6. The molecule has 2 aliphatic carbocycles. The molecular formula is C20H36O3. The Morgan fingerprint density at radius 2 is 1.87 bits per heavy atom. The number of hydrogen-bond donors (Lipinski definition) is 1. The van der Waals surface area contributed by atoms with Crippen LogP contribution in [-0.2, 0) is 9.53 Å². The first-order valence-electron chi connectivity index (χ1n) is 9.51. The van der Waals surface area contributed by atoms with E-state index in [0.717, 1.165) is 25.7 Å². The van der Waals surface area contributed by atoms with E-state index in [2.05, 4.69) is 20.8 Å². The molecule has 0 aromatic carbocycles. The number of esters is 1. The standard InChI is InChI=1S/C20H36O3/c1-6-8-17(21)23-14-10-16-19(4)12-7-11-18(2,3)15(19)9-13-20(16,5)22/h15-16,22H,6-14H2,1-5H3/t15-,16+,19-,20+/m0/s1. The lowest BCUT2D eigenvalue weighted by Gasteiger charge is -2.61. The van der Waals surface area contributed by atoms with E-state index in [1.54, 1.807) is 0 Å². The Kier molecular flexibility index (Phi) is 5.50. The highest BCUT2D eigenvalue weighted by atomic mass is 16.5. The molecule has 0 bridgehead atoms. The van der Waals surface area contributed by atoms with Crippen molar-refractivity contribution < 1.29 is 14.6 Å². The van der Waals surface area contributed by atoms with Gasteiger partial charge in [0, 0.05) is 6.42 Å². The molecule has 0 saturated heterocycles. The van der Waals surface area contributed by atoms with Gasteiger partial charge < -0.3 is 9.84 Å². The van der Waals surface area contributed by atoms with Gasteiger partial charge >= 0.3 is 5.97 Å². The number of fused-ring (bicyclic) bond motifs is 1. The van der Waals surface area contributed by atoms with Gasteiger partial charge in [0.25, 0.3) is 0 Å². The lowest BCUT2D eigenvalue weighted by Crippen LogP contribution is -2.57. The van der Waals surface area contributed by atoms with Crippen molar-refractivity contribution in [2.24, 2.45) is 22.7 Å². The normalized spacial score (nSPS) is 39.6. The summed E-state index contributed by atoms with van der Waals surface area (Å²) in [7, 11) is 0. The number of ether oxygens (including phenoxy) is 1. The maximum absolute atomic E-state index is 11.6. The Hall–Kier alpha value is -0.570. The van der Waals surface area contributed by atoms with Crippen LogP contribution in [0.5, 0.6) is 0 Å². The molecule has 134 valence electrons. The molecule has 0 unspecified atom stereocenters. The molecule has 2 rings (SSSR count). The third-order valence-electron chi connectivity index (χ3n) is 6.89. The number of aliphatic hydroxyl groups is 1. The molecule has 2 saturated carbocycles. The van der Waals surface area contributed by atoms with Crippen LogP contribution in [0.3, 0.4) is 0 Å². The Morgan fingerprint density at radius 1 is 1.17 bits per heavy atom. The van der Waals surface area contributed by atoms with Gasteiger partial charge in [0.15, 0.2) is 0 Å². The SMILES string of the molecule is CCCC(=O)OCC[C@@H]1[C@@]2(C)CCCC(C)(C)[C@@H]2CC[C@@]1(C)O.